The van der Waals surface area contributed by atoms with Gasteiger partial charge in [0, 0.05) is 23.8 Å². The van der Waals surface area contributed by atoms with E-state index < -0.39 is 0 Å². The van der Waals surface area contributed by atoms with Crippen LogP contribution in [0.25, 0.3) is 0 Å². The normalized spacial score (nSPS) is 9.27. The molecule has 1 rings (SSSR count). The molecule has 1 aromatic carbocycles. The first kappa shape index (κ1) is 11.9. The number of ether oxygens (including phenoxy) is 1. The smallest absolute Gasteiger partial charge is 0.128 e. The summed E-state index contributed by atoms with van der Waals surface area (Å²) in [7, 11) is 0. The van der Waals surface area contributed by atoms with E-state index in [1.807, 2.05) is 6.92 Å². The highest BCUT2D eigenvalue weighted by molar-refractivity contribution is 7.80. The minimum absolute atomic E-state index is 0.323. The predicted octanol–water partition coefficient (Wildman–Crippen LogP) is 2.90. The highest BCUT2D eigenvalue weighted by atomic mass is 32.1. The minimum atomic E-state index is -0.323. The Kier molecular flexibility index (Phi) is 5.06. The van der Waals surface area contributed by atoms with E-state index in [4.69, 9.17) is 4.74 Å². The van der Waals surface area contributed by atoms with Gasteiger partial charge in [-0.05, 0) is 19.1 Å². The van der Waals surface area contributed by atoms with Gasteiger partial charge in [0.25, 0.3) is 0 Å². The van der Waals surface area contributed by atoms with Crippen LogP contribution < -0.4 is 4.74 Å². The second-order valence-electron chi connectivity index (χ2n) is 2.88. The molecule has 1 nitrogen and oxygen atoms in total. The second-order valence-corrected chi connectivity index (χ2v) is 3.33. The molecule has 0 saturated heterocycles. The molecule has 0 aliphatic carbocycles. The Balaban J connectivity index is 2.85. The SMILES string of the molecule is CCOc1cc(F)cc(C#CCCS)c1. The van der Waals surface area contributed by atoms with E-state index in [0.29, 0.717) is 30.1 Å². The number of thiol groups is 1. The second kappa shape index (κ2) is 6.36. The minimum Gasteiger partial charge on any atom is -0.494 e. The summed E-state index contributed by atoms with van der Waals surface area (Å²) in [6.45, 7) is 2.38. The molecular formula is C12H13FOS. The van der Waals surface area contributed by atoms with E-state index in [9.17, 15) is 4.39 Å². The van der Waals surface area contributed by atoms with Crippen molar-refractivity contribution >= 4 is 12.6 Å². The maximum absolute atomic E-state index is 13.1. The highest BCUT2D eigenvalue weighted by Gasteiger charge is 1.98. The molecule has 0 radical (unpaired) electrons. The Morgan fingerprint density at radius 3 is 2.87 bits per heavy atom. The molecular weight excluding hydrogens is 211 g/mol. The Bertz CT molecular complexity index is 379. The first-order chi connectivity index (χ1) is 7.26. The van der Waals surface area contributed by atoms with Crippen molar-refractivity contribution in [3.8, 4) is 17.6 Å². The van der Waals surface area contributed by atoms with Gasteiger partial charge in [0.2, 0.25) is 0 Å². The number of benzene rings is 1. The zero-order valence-corrected chi connectivity index (χ0v) is 9.48. The lowest BCUT2D eigenvalue weighted by Crippen LogP contribution is -1.92. The van der Waals surface area contributed by atoms with E-state index in [2.05, 4.69) is 24.5 Å². The summed E-state index contributed by atoms with van der Waals surface area (Å²) in [6, 6.07) is 4.49. The first-order valence-electron chi connectivity index (χ1n) is 4.79. The molecule has 3 heteroatoms. The van der Waals surface area contributed by atoms with Crippen molar-refractivity contribution in [1.82, 2.24) is 0 Å². The van der Waals surface area contributed by atoms with Gasteiger partial charge in [0.05, 0.1) is 6.61 Å². The van der Waals surface area contributed by atoms with Crippen molar-refractivity contribution in [1.29, 1.82) is 0 Å². The Labute approximate surface area is 95.1 Å². The highest BCUT2D eigenvalue weighted by Crippen LogP contribution is 2.15. The Hall–Kier alpha value is -1.14. The Morgan fingerprint density at radius 2 is 2.20 bits per heavy atom. The lowest BCUT2D eigenvalue weighted by molar-refractivity contribution is 0.338. The summed E-state index contributed by atoms with van der Waals surface area (Å²) < 4.78 is 18.3. The van der Waals surface area contributed by atoms with E-state index in [1.165, 1.54) is 12.1 Å². The standard InChI is InChI=1S/C12H13FOS/c1-2-14-12-8-10(5-3-4-6-15)7-11(13)9-12/h7-9,15H,2,4,6H2,1H3. The molecule has 80 valence electrons. The van der Waals surface area contributed by atoms with E-state index in [1.54, 1.807) is 6.07 Å². The molecule has 1 aromatic rings. The predicted molar refractivity (Wildman–Crippen MR) is 62.9 cm³/mol. The van der Waals surface area contributed by atoms with Crippen LogP contribution in [0.2, 0.25) is 0 Å². The molecule has 0 spiro atoms. The molecule has 0 N–H and O–H groups in total. The van der Waals surface area contributed by atoms with Crippen LogP contribution >= 0.6 is 12.6 Å². The topological polar surface area (TPSA) is 9.23 Å². The van der Waals surface area contributed by atoms with Gasteiger partial charge in [-0.3, -0.25) is 0 Å². The van der Waals surface area contributed by atoms with Crippen molar-refractivity contribution in [2.75, 3.05) is 12.4 Å². The third-order valence-corrected chi connectivity index (χ3v) is 1.88. The van der Waals surface area contributed by atoms with Crippen LogP contribution in [-0.4, -0.2) is 12.4 Å². The molecule has 0 amide bonds. The van der Waals surface area contributed by atoms with Crippen LogP contribution in [-0.2, 0) is 0 Å². The zero-order valence-electron chi connectivity index (χ0n) is 8.59. The van der Waals surface area contributed by atoms with Gasteiger partial charge in [-0.1, -0.05) is 11.8 Å². The summed E-state index contributed by atoms with van der Waals surface area (Å²) in [5.41, 5.74) is 0.639. The van der Waals surface area contributed by atoms with Crippen LogP contribution in [0.3, 0.4) is 0 Å². The molecule has 0 saturated carbocycles. The van der Waals surface area contributed by atoms with Crippen molar-refractivity contribution in [3.05, 3.63) is 29.6 Å². The molecule has 0 fully saturated rings. The van der Waals surface area contributed by atoms with Crippen LogP contribution in [0.5, 0.6) is 5.75 Å². The molecule has 0 unspecified atom stereocenters. The molecule has 15 heavy (non-hydrogen) atoms. The van der Waals surface area contributed by atoms with Gasteiger partial charge in [-0.2, -0.15) is 12.6 Å². The molecule has 0 heterocycles. The van der Waals surface area contributed by atoms with Crippen molar-refractivity contribution < 1.29 is 9.13 Å². The molecule has 0 atom stereocenters. The van der Waals surface area contributed by atoms with Crippen LogP contribution in [0.15, 0.2) is 18.2 Å². The van der Waals surface area contributed by atoms with Crippen LogP contribution in [0.4, 0.5) is 4.39 Å². The number of halogens is 1. The fourth-order valence-corrected chi connectivity index (χ4v) is 1.22. The van der Waals surface area contributed by atoms with Gasteiger partial charge in [-0.15, -0.1) is 0 Å². The van der Waals surface area contributed by atoms with Crippen molar-refractivity contribution in [2.24, 2.45) is 0 Å². The summed E-state index contributed by atoms with van der Waals surface area (Å²) in [5, 5.41) is 0. The Morgan fingerprint density at radius 1 is 1.40 bits per heavy atom. The average molecular weight is 224 g/mol. The van der Waals surface area contributed by atoms with Gasteiger partial charge >= 0.3 is 0 Å². The maximum Gasteiger partial charge on any atom is 0.128 e. The largest absolute Gasteiger partial charge is 0.494 e. The maximum atomic E-state index is 13.1. The molecule has 0 bridgehead atoms. The fourth-order valence-electron chi connectivity index (χ4n) is 1.11. The number of hydrogen-bond acceptors (Lipinski definition) is 2. The monoisotopic (exact) mass is 224 g/mol. The average Bonchev–Trinajstić information content (AvgIpc) is 2.18. The quantitative estimate of drug-likeness (QED) is 0.613. The van der Waals surface area contributed by atoms with Crippen LogP contribution in [0, 0.1) is 17.7 Å². The summed E-state index contributed by atoms with van der Waals surface area (Å²) in [5.74, 6) is 6.67. The van der Waals surface area contributed by atoms with Crippen molar-refractivity contribution in [3.63, 3.8) is 0 Å². The van der Waals surface area contributed by atoms with Gasteiger partial charge in [0.15, 0.2) is 0 Å². The van der Waals surface area contributed by atoms with E-state index in [-0.39, 0.29) is 5.82 Å². The lowest BCUT2D eigenvalue weighted by atomic mass is 10.2. The fraction of sp³-hybridized carbons (Fsp3) is 0.333. The summed E-state index contributed by atoms with van der Waals surface area (Å²) in [6.07, 6.45) is 0.698. The first-order valence-corrected chi connectivity index (χ1v) is 5.42. The lowest BCUT2D eigenvalue weighted by Gasteiger charge is -2.03. The molecule has 0 aliphatic heterocycles. The van der Waals surface area contributed by atoms with Crippen LogP contribution in [0.1, 0.15) is 18.9 Å². The molecule has 0 aliphatic rings. The third kappa shape index (κ3) is 4.26. The van der Waals surface area contributed by atoms with Gasteiger partial charge in [-0.25, -0.2) is 4.39 Å². The van der Waals surface area contributed by atoms with Crippen molar-refractivity contribution in [2.45, 2.75) is 13.3 Å². The van der Waals surface area contributed by atoms with Gasteiger partial charge < -0.3 is 4.74 Å². The van der Waals surface area contributed by atoms with E-state index >= 15 is 0 Å². The number of rotatable bonds is 3. The third-order valence-electron chi connectivity index (χ3n) is 1.65. The molecule has 0 aromatic heterocycles. The summed E-state index contributed by atoms with van der Waals surface area (Å²) >= 11 is 4.04. The zero-order chi connectivity index (χ0) is 11.1. The number of hydrogen-bond donors (Lipinski definition) is 1. The van der Waals surface area contributed by atoms with E-state index in [0.717, 1.165) is 0 Å². The van der Waals surface area contributed by atoms with Gasteiger partial charge in [0.1, 0.15) is 11.6 Å². The summed E-state index contributed by atoms with van der Waals surface area (Å²) in [4.78, 5) is 0.